The van der Waals surface area contributed by atoms with Crippen LogP contribution in [0.25, 0.3) is 0 Å². The van der Waals surface area contributed by atoms with Crippen LogP contribution >= 0.6 is 11.3 Å². The molecule has 0 bridgehead atoms. The molecule has 2 heterocycles. The third kappa shape index (κ3) is 2.69. The zero-order valence-corrected chi connectivity index (χ0v) is 9.64. The van der Waals surface area contributed by atoms with Gasteiger partial charge in [-0.2, -0.15) is 13.2 Å². The van der Waals surface area contributed by atoms with Crippen molar-refractivity contribution >= 4 is 22.6 Å². The number of anilines is 1. The smallest absolute Gasteiger partial charge is 0.359 e. The van der Waals surface area contributed by atoms with Crippen LogP contribution in [0.1, 0.15) is 16.1 Å². The summed E-state index contributed by atoms with van der Waals surface area (Å²) in [5.41, 5.74) is -0.457. The van der Waals surface area contributed by atoms with Crippen LogP contribution in [0.4, 0.5) is 18.2 Å². The zero-order valence-electron chi connectivity index (χ0n) is 8.83. The van der Waals surface area contributed by atoms with Gasteiger partial charge in [-0.25, -0.2) is 0 Å². The van der Waals surface area contributed by atoms with Gasteiger partial charge >= 0.3 is 6.18 Å². The molecule has 2 rings (SSSR count). The fourth-order valence-corrected chi connectivity index (χ4v) is 2.56. The highest BCUT2D eigenvalue weighted by molar-refractivity contribution is 7.17. The molecule has 0 saturated heterocycles. The summed E-state index contributed by atoms with van der Waals surface area (Å²) in [5.74, 6) is 0. The summed E-state index contributed by atoms with van der Waals surface area (Å²) in [4.78, 5) is 12.9. The van der Waals surface area contributed by atoms with Crippen molar-refractivity contribution in [2.24, 2.45) is 0 Å². The molecule has 0 unspecified atom stereocenters. The molecule has 0 N–H and O–H groups in total. The Hall–Kier alpha value is -1.30. The van der Waals surface area contributed by atoms with E-state index >= 15 is 0 Å². The van der Waals surface area contributed by atoms with E-state index in [2.05, 4.69) is 0 Å². The first-order chi connectivity index (χ1) is 8.00. The van der Waals surface area contributed by atoms with E-state index in [-0.39, 0.29) is 13.0 Å². The highest BCUT2D eigenvalue weighted by Crippen LogP contribution is 2.33. The molecule has 0 atom stereocenters. The molecule has 0 saturated carbocycles. The van der Waals surface area contributed by atoms with Crippen molar-refractivity contribution in [3.63, 3.8) is 0 Å². The molecule has 0 aromatic carbocycles. The number of halogens is 3. The van der Waals surface area contributed by atoms with Crippen molar-refractivity contribution in [3.05, 3.63) is 28.7 Å². The maximum atomic E-state index is 12.4. The highest BCUT2D eigenvalue weighted by Gasteiger charge is 2.34. The minimum atomic E-state index is -4.21. The van der Waals surface area contributed by atoms with Crippen molar-refractivity contribution in [2.45, 2.75) is 12.6 Å². The number of hydrogen-bond donors (Lipinski definition) is 0. The van der Waals surface area contributed by atoms with E-state index in [1.165, 1.54) is 17.4 Å². The van der Waals surface area contributed by atoms with Crippen LogP contribution in [0.15, 0.2) is 23.8 Å². The molecule has 0 aliphatic carbocycles. The van der Waals surface area contributed by atoms with Gasteiger partial charge in [0.25, 0.3) is 0 Å². The molecular weight excluding hydrogens is 251 g/mol. The van der Waals surface area contributed by atoms with E-state index < -0.39 is 11.7 Å². The lowest BCUT2D eigenvalue weighted by Gasteiger charge is -2.27. The molecule has 1 aromatic heterocycles. The van der Waals surface area contributed by atoms with Crippen molar-refractivity contribution in [1.82, 2.24) is 0 Å². The molecule has 1 aliphatic heterocycles. The fourth-order valence-electron chi connectivity index (χ4n) is 1.70. The Morgan fingerprint density at radius 3 is 2.59 bits per heavy atom. The summed E-state index contributed by atoms with van der Waals surface area (Å²) in [5, 5.41) is 0.838. The predicted molar refractivity (Wildman–Crippen MR) is 60.7 cm³/mol. The van der Waals surface area contributed by atoms with Crippen LogP contribution in [-0.2, 0) is 0 Å². The normalized spacial score (nSPS) is 16.9. The van der Waals surface area contributed by atoms with Gasteiger partial charge < -0.3 is 4.90 Å². The highest BCUT2D eigenvalue weighted by atomic mass is 32.1. The summed E-state index contributed by atoms with van der Waals surface area (Å²) in [6, 6.07) is 3.44. The molecule has 1 aromatic rings. The van der Waals surface area contributed by atoms with Crippen LogP contribution < -0.4 is 4.90 Å². The number of rotatable bonds is 2. The summed E-state index contributed by atoms with van der Waals surface area (Å²) in [7, 11) is 0. The van der Waals surface area contributed by atoms with Crippen LogP contribution in [0, 0.1) is 0 Å². The first-order valence-corrected chi connectivity index (χ1v) is 5.88. The van der Waals surface area contributed by atoms with Gasteiger partial charge in [0.15, 0.2) is 6.29 Å². The Labute approximate surface area is 100 Å². The van der Waals surface area contributed by atoms with Crippen molar-refractivity contribution in [1.29, 1.82) is 0 Å². The molecule has 1 aliphatic rings. The summed E-state index contributed by atoms with van der Waals surface area (Å²) in [6.45, 7) is 0.581. The molecule has 0 radical (unpaired) electrons. The number of nitrogens with zero attached hydrogens (tertiary/aromatic N) is 1. The second-order valence-corrected chi connectivity index (χ2v) is 4.81. The van der Waals surface area contributed by atoms with E-state index in [4.69, 9.17) is 0 Å². The monoisotopic (exact) mass is 261 g/mol. The molecular formula is C11H10F3NOS. The lowest BCUT2D eigenvalue weighted by molar-refractivity contribution is -0.0943. The molecule has 17 heavy (non-hydrogen) atoms. The van der Waals surface area contributed by atoms with Gasteiger partial charge in [0, 0.05) is 18.7 Å². The van der Waals surface area contributed by atoms with Crippen molar-refractivity contribution in [2.75, 3.05) is 18.0 Å². The van der Waals surface area contributed by atoms with Gasteiger partial charge in [-0.3, -0.25) is 4.79 Å². The first kappa shape index (κ1) is 12.2. The Balaban J connectivity index is 2.08. The Kier molecular flexibility index (Phi) is 3.24. The maximum absolute atomic E-state index is 12.4. The predicted octanol–water partition coefficient (Wildman–Crippen LogP) is 3.26. The number of aldehydes is 1. The average molecular weight is 261 g/mol. The quantitative estimate of drug-likeness (QED) is 0.601. The van der Waals surface area contributed by atoms with Gasteiger partial charge in [-0.15, -0.1) is 11.3 Å². The Bertz CT molecular complexity index is 450. The number of alkyl halides is 3. The van der Waals surface area contributed by atoms with Gasteiger partial charge in [0.05, 0.1) is 9.88 Å². The number of hydrogen-bond acceptors (Lipinski definition) is 3. The Morgan fingerprint density at radius 1 is 1.35 bits per heavy atom. The second-order valence-electron chi connectivity index (χ2n) is 3.72. The van der Waals surface area contributed by atoms with E-state index in [0.29, 0.717) is 11.4 Å². The Morgan fingerprint density at radius 2 is 2.12 bits per heavy atom. The van der Waals surface area contributed by atoms with Gasteiger partial charge in [-0.1, -0.05) is 6.08 Å². The lowest BCUT2D eigenvalue weighted by atomic mass is 10.1. The number of thiophene rings is 1. The minimum absolute atomic E-state index is 0.00216. The SMILES string of the molecule is O=Cc1ccc(N2CC=C(C(F)(F)F)CC2)s1. The summed E-state index contributed by atoms with van der Waals surface area (Å²) >= 11 is 1.30. The fraction of sp³-hybridized carbons (Fsp3) is 0.364. The third-order valence-electron chi connectivity index (χ3n) is 2.61. The molecule has 6 heteroatoms. The summed E-state index contributed by atoms with van der Waals surface area (Å²) in [6.07, 6.45) is -2.26. The van der Waals surface area contributed by atoms with E-state index in [0.717, 1.165) is 11.3 Å². The number of carbonyl (C=O) groups excluding carboxylic acids is 1. The van der Waals surface area contributed by atoms with Gasteiger partial charge in [-0.05, 0) is 18.6 Å². The minimum Gasteiger partial charge on any atom is -0.359 e. The zero-order chi connectivity index (χ0) is 12.5. The topological polar surface area (TPSA) is 20.3 Å². The van der Waals surface area contributed by atoms with Gasteiger partial charge in [0.2, 0.25) is 0 Å². The van der Waals surface area contributed by atoms with Crippen molar-refractivity contribution < 1.29 is 18.0 Å². The standard InChI is InChI=1S/C11H10F3NOS/c12-11(13,14)8-3-5-15(6-4-8)10-2-1-9(7-16)17-10/h1-3,7H,4-6H2. The molecule has 0 amide bonds. The summed E-state index contributed by atoms with van der Waals surface area (Å²) < 4.78 is 37.2. The van der Waals surface area contributed by atoms with E-state index in [1.807, 2.05) is 4.90 Å². The maximum Gasteiger partial charge on any atom is 0.412 e. The largest absolute Gasteiger partial charge is 0.412 e. The van der Waals surface area contributed by atoms with Crippen LogP contribution in [-0.4, -0.2) is 25.6 Å². The molecule has 0 spiro atoms. The van der Waals surface area contributed by atoms with Gasteiger partial charge in [0.1, 0.15) is 0 Å². The van der Waals surface area contributed by atoms with Crippen LogP contribution in [0.3, 0.4) is 0 Å². The molecule has 92 valence electrons. The third-order valence-corrected chi connectivity index (χ3v) is 3.69. The van der Waals surface area contributed by atoms with Crippen molar-refractivity contribution in [3.8, 4) is 0 Å². The molecule has 0 fully saturated rings. The van der Waals surface area contributed by atoms with Crippen LogP contribution in [0.2, 0.25) is 0 Å². The number of carbonyl (C=O) groups is 1. The second kappa shape index (κ2) is 4.52. The molecule has 2 nitrogen and oxygen atoms in total. The first-order valence-electron chi connectivity index (χ1n) is 5.07. The average Bonchev–Trinajstić information content (AvgIpc) is 2.76. The lowest BCUT2D eigenvalue weighted by Crippen LogP contribution is -2.31. The van der Waals surface area contributed by atoms with Crippen LogP contribution in [0.5, 0.6) is 0 Å². The van der Waals surface area contributed by atoms with E-state index in [9.17, 15) is 18.0 Å². The van der Waals surface area contributed by atoms with E-state index in [1.54, 1.807) is 12.1 Å².